The molecular formula is C15H20FN3. The quantitative estimate of drug-likeness (QED) is 0.889. The van der Waals surface area contributed by atoms with Crippen molar-refractivity contribution >= 4 is 11.6 Å². The van der Waals surface area contributed by atoms with Gasteiger partial charge in [-0.2, -0.15) is 0 Å². The van der Waals surface area contributed by atoms with Gasteiger partial charge >= 0.3 is 0 Å². The minimum atomic E-state index is -0.219. The largest absolute Gasteiger partial charge is 0.369 e. The fourth-order valence-corrected chi connectivity index (χ4v) is 3.80. The van der Waals surface area contributed by atoms with Crippen LogP contribution in [0.5, 0.6) is 0 Å². The van der Waals surface area contributed by atoms with Crippen molar-refractivity contribution in [2.75, 3.05) is 11.4 Å². The summed E-state index contributed by atoms with van der Waals surface area (Å²) in [6.45, 7) is 2.90. The van der Waals surface area contributed by atoms with Crippen LogP contribution in [0.4, 0.5) is 10.1 Å². The number of halogens is 1. The first-order valence-electron chi connectivity index (χ1n) is 7.04. The number of nitrogens with two attached hydrogens (primary N) is 1. The lowest BCUT2D eigenvalue weighted by atomic mass is 9.84. The SMILES string of the molecule is CCC1CCCC12CN=C(N)N2c1ccccc1F. The molecule has 0 aromatic heterocycles. The zero-order chi connectivity index (χ0) is 13.5. The predicted octanol–water partition coefficient (Wildman–Crippen LogP) is 2.91. The van der Waals surface area contributed by atoms with Gasteiger partial charge in [0.05, 0.1) is 17.8 Å². The van der Waals surface area contributed by atoms with Crippen molar-refractivity contribution in [2.24, 2.45) is 16.6 Å². The number of hydrogen-bond donors (Lipinski definition) is 1. The average Bonchev–Trinajstić information content (AvgIpc) is 2.96. The molecule has 1 saturated carbocycles. The van der Waals surface area contributed by atoms with E-state index in [4.69, 9.17) is 5.73 Å². The summed E-state index contributed by atoms with van der Waals surface area (Å²) in [6, 6.07) is 6.86. The van der Waals surface area contributed by atoms with E-state index in [2.05, 4.69) is 11.9 Å². The first-order valence-corrected chi connectivity index (χ1v) is 7.04. The number of para-hydroxylation sites is 1. The van der Waals surface area contributed by atoms with Crippen LogP contribution in [-0.2, 0) is 0 Å². The lowest BCUT2D eigenvalue weighted by molar-refractivity contribution is 0.329. The lowest BCUT2D eigenvalue weighted by Gasteiger charge is -2.40. The van der Waals surface area contributed by atoms with E-state index in [-0.39, 0.29) is 11.4 Å². The van der Waals surface area contributed by atoms with Gasteiger partial charge in [-0.05, 0) is 30.9 Å². The number of anilines is 1. The molecule has 0 amide bonds. The molecular weight excluding hydrogens is 241 g/mol. The monoisotopic (exact) mass is 261 g/mol. The molecule has 0 radical (unpaired) electrons. The van der Waals surface area contributed by atoms with Crippen LogP contribution in [0.1, 0.15) is 32.6 Å². The van der Waals surface area contributed by atoms with Crippen LogP contribution in [0, 0.1) is 11.7 Å². The predicted molar refractivity (Wildman–Crippen MR) is 75.7 cm³/mol. The highest BCUT2D eigenvalue weighted by Gasteiger charge is 2.51. The maximum atomic E-state index is 14.1. The highest BCUT2D eigenvalue weighted by molar-refractivity contribution is 5.98. The number of guanidine groups is 1. The molecule has 1 heterocycles. The van der Waals surface area contributed by atoms with Gasteiger partial charge in [0.25, 0.3) is 0 Å². The maximum absolute atomic E-state index is 14.1. The summed E-state index contributed by atoms with van der Waals surface area (Å²) in [6.07, 6.45) is 4.49. The molecule has 1 aliphatic heterocycles. The highest BCUT2D eigenvalue weighted by Crippen LogP contribution is 2.46. The summed E-state index contributed by atoms with van der Waals surface area (Å²) < 4.78 is 14.1. The Hall–Kier alpha value is -1.58. The van der Waals surface area contributed by atoms with Crippen molar-refractivity contribution in [3.8, 4) is 0 Å². The molecule has 2 atom stereocenters. The molecule has 1 aliphatic carbocycles. The Morgan fingerprint density at radius 2 is 2.26 bits per heavy atom. The normalized spacial score (nSPS) is 30.1. The topological polar surface area (TPSA) is 41.6 Å². The molecule has 19 heavy (non-hydrogen) atoms. The van der Waals surface area contributed by atoms with Crippen LogP contribution in [0.15, 0.2) is 29.3 Å². The Morgan fingerprint density at radius 3 is 3.00 bits per heavy atom. The maximum Gasteiger partial charge on any atom is 0.196 e. The molecule has 4 heteroatoms. The van der Waals surface area contributed by atoms with Crippen molar-refractivity contribution < 1.29 is 4.39 Å². The van der Waals surface area contributed by atoms with Gasteiger partial charge in [0.2, 0.25) is 0 Å². The van der Waals surface area contributed by atoms with E-state index in [0.717, 1.165) is 12.8 Å². The molecule has 3 nitrogen and oxygen atoms in total. The van der Waals surface area contributed by atoms with Crippen LogP contribution >= 0.6 is 0 Å². The van der Waals surface area contributed by atoms with Gasteiger partial charge in [-0.1, -0.05) is 31.9 Å². The van der Waals surface area contributed by atoms with Gasteiger partial charge in [0.15, 0.2) is 5.96 Å². The second-order valence-electron chi connectivity index (χ2n) is 5.56. The van der Waals surface area contributed by atoms with E-state index in [9.17, 15) is 4.39 Å². The van der Waals surface area contributed by atoms with E-state index in [1.807, 2.05) is 11.0 Å². The molecule has 1 fully saturated rings. The number of aliphatic imine (C=N–C) groups is 1. The lowest BCUT2D eigenvalue weighted by Crippen LogP contribution is -2.54. The Morgan fingerprint density at radius 1 is 1.47 bits per heavy atom. The first-order chi connectivity index (χ1) is 9.19. The Balaban J connectivity index is 2.06. The number of benzene rings is 1. The standard InChI is InChI=1S/C15H20FN3/c1-2-11-6-5-9-15(11)10-18-14(17)19(15)13-8-4-3-7-12(13)16/h3-4,7-8,11H,2,5-6,9-10H2,1H3,(H2,17,18). The van der Waals surface area contributed by atoms with Gasteiger partial charge in [-0.15, -0.1) is 0 Å². The van der Waals surface area contributed by atoms with Crippen molar-refractivity contribution in [3.05, 3.63) is 30.1 Å². The van der Waals surface area contributed by atoms with Gasteiger partial charge in [0.1, 0.15) is 5.82 Å². The van der Waals surface area contributed by atoms with Crippen molar-refractivity contribution in [3.63, 3.8) is 0 Å². The molecule has 0 saturated heterocycles. The van der Waals surface area contributed by atoms with E-state index in [1.54, 1.807) is 12.1 Å². The van der Waals surface area contributed by atoms with Crippen molar-refractivity contribution in [2.45, 2.75) is 38.1 Å². The zero-order valence-corrected chi connectivity index (χ0v) is 11.3. The Labute approximate surface area is 113 Å². The zero-order valence-electron chi connectivity index (χ0n) is 11.3. The second kappa shape index (κ2) is 4.51. The molecule has 1 aromatic rings. The van der Waals surface area contributed by atoms with Gasteiger partial charge in [-0.3, -0.25) is 4.99 Å². The molecule has 2 N–H and O–H groups in total. The van der Waals surface area contributed by atoms with Crippen LogP contribution in [0.2, 0.25) is 0 Å². The van der Waals surface area contributed by atoms with E-state index < -0.39 is 0 Å². The molecule has 2 aliphatic rings. The Kier molecular flexibility index (Phi) is 2.96. The van der Waals surface area contributed by atoms with Crippen LogP contribution < -0.4 is 10.6 Å². The molecule has 3 rings (SSSR count). The minimum absolute atomic E-state index is 0.0962. The van der Waals surface area contributed by atoms with Gasteiger partial charge < -0.3 is 10.6 Å². The highest BCUT2D eigenvalue weighted by atomic mass is 19.1. The third-order valence-electron chi connectivity index (χ3n) is 4.70. The van der Waals surface area contributed by atoms with Gasteiger partial charge in [-0.25, -0.2) is 4.39 Å². The number of hydrogen-bond acceptors (Lipinski definition) is 3. The van der Waals surface area contributed by atoms with E-state index >= 15 is 0 Å². The summed E-state index contributed by atoms with van der Waals surface area (Å²) in [5.74, 6) is 0.783. The van der Waals surface area contributed by atoms with Crippen LogP contribution in [0.25, 0.3) is 0 Å². The molecule has 1 aromatic carbocycles. The van der Waals surface area contributed by atoms with E-state index in [0.29, 0.717) is 24.1 Å². The second-order valence-corrected chi connectivity index (χ2v) is 5.56. The summed E-state index contributed by atoms with van der Waals surface area (Å²) >= 11 is 0. The molecule has 2 unspecified atom stereocenters. The average molecular weight is 261 g/mol. The molecule has 102 valence electrons. The van der Waals surface area contributed by atoms with Gasteiger partial charge in [0, 0.05) is 0 Å². The summed E-state index contributed by atoms with van der Waals surface area (Å²) in [4.78, 5) is 6.38. The fourth-order valence-electron chi connectivity index (χ4n) is 3.80. The van der Waals surface area contributed by atoms with E-state index in [1.165, 1.54) is 18.9 Å². The number of nitrogens with zero attached hydrogens (tertiary/aromatic N) is 2. The summed E-state index contributed by atoms with van der Waals surface area (Å²) in [5.41, 5.74) is 6.54. The van der Waals surface area contributed by atoms with Crippen molar-refractivity contribution in [1.29, 1.82) is 0 Å². The molecule has 0 bridgehead atoms. The fraction of sp³-hybridized carbons (Fsp3) is 0.533. The third kappa shape index (κ3) is 1.73. The number of rotatable bonds is 2. The van der Waals surface area contributed by atoms with Crippen LogP contribution in [-0.4, -0.2) is 18.0 Å². The third-order valence-corrected chi connectivity index (χ3v) is 4.70. The summed E-state index contributed by atoms with van der Waals surface area (Å²) in [5, 5.41) is 0. The van der Waals surface area contributed by atoms with Crippen LogP contribution in [0.3, 0.4) is 0 Å². The first kappa shape index (κ1) is 12.5. The van der Waals surface area contributed by atoms with Crippen molar-refractivity contribution in [1.82, 2.24) is 0 Å². The Bertz CT molecular complexity index is 514. The minimum Gasteiger partial charge on any atom is -0.369 e. The smallest absolute Gasteiger partial charge is 0.196 e. The molecule has 1 spiro atoms. The summed E-state index contributed by atoms with van der Waals surface area (Å²) in [7, 11) is 0.